The predicted octanol–water partition coefficient (Wildman–Crippen LogP) is 0.262. The molecule has 1 unspecified atom stereocenters. The molecule has 0 saturated carbocycles. The number of benzene rings is 1. The van der Waals surface area contributed by atoms with Gasteiger partial charge in [-0.1, -0.05) is 6.92 Å². The van der Waals surface area contributed by atoms with Crippen LogP contribution >= 0.6 is 0 Å². The topological polar surface area (TPSA) is 97.0 Å². The first kappa shape index (κ1) is 13.4. The third-order valence-electron chi connectivity index (χ3n) is 3.49. The van der Waals surface area contributed by atoms with E-state index in [9.17, 15) is 9.59 Å². The number of rotatable bonds is 4. The normalized spacial score (nSPS) is 17.5. The summed E-state index contributed by atoms with van der Waals surface area (Å²) in [5.41, 5.74) is 7.02. The van der Waals surface area contributed by atoms with Crippen LogP contribution in [0.2, 0.25) is 0 Å². The highest BCUT2D eigenvalue weighted by atomic mass is 16.5. The van der Waals surface area contributed by atoms with Gasteiger partial charge in [0, 0.05) is 12.1 Å². The lowest BCUT2D eigenvalue weighted by atomic mass is 10.1. The molecule has 0 aromatic heterocycles. The van der Waals surface area contributed by atoms with Crippen molar-refractivity contribution in [2.45, 2.75) is 26.0 Å². The van der Waals surface area contributed by atoms with Crippen LogP contribution in [0, 0.1) is 0 Å². The Hall–Kier alpha value is -2.57. The lowest BCUT2D eigenvalue weighted by Gasteiger charge is -2.23. The number of hydrogen-bond acceptors (Lipinski definition) is 5. The van der Waals surface area contributed by atoms with Crippen molar-refractivity contribution in [3.05, 3.63) is 23.8 Å². The van der Waals surface area contributed by atoms with Gasteiger partial charge in [0.2, 0.25) is 11.9 Å². The Bertz CT molecular complexity index is 641. The summed E-state index contributed by atoms with van der Waals surface area (Å²) in [6.07, 6.45) is -0.125. The summed E-state index contributed by atoms with van der Waals surface area (Å²) in [4.78, 5) is 28.9. The van der Waals surface area contributed by atoms with Gasteiger partial charge in [-0.05, 0) is 24.6 Å². The van der Waals surface area contributed by atoms with Gasteiger partial charge >= 0.3 is 0 Å². The van der Waals surface area contributed by atoms with E-state index in [-0.39, 0.29) is 5.91 Å². The largest absolute Gasteiger partial charge is 0.481 e. The Morgan fingerprint density at radius 2 is 2.33 bits per heavy atom. The van der Waals surface area contributed by atoms with Crippen molar-refractivity contribution in [1.82, 2.24) is 10.2 Å². The zero-order valence-electron chi connectivity index (χ0n) is 11.6. The molecular weight excluding hydrogens is 272 g/mol. The first-order chi connectivity index (χ1) is 10.1. The molecule has 1 aromatic carbocycles. The smallest absolute Gasteiger partial charge is 0.258 e. The molecule has 2 aliphatic rings. The number of hydrogen-bond donors (Lipinski definition) is 2. The molecule has 0 bridgehead atoms. The van der Waals surface area contributed by atoms with E-state index in [0.29, 0.717) is 31.2 Å². The van der Waals surface area contributed by atoms with Gasteiger partial charge in [0.05, 0.1) is 5.69 Å². The number of nitrogens with one attached hydrogen (secondary N) is 1. The number of carbonyl (C=O) groups excluding carboxylic acids is 2. The molecule has 3 N–H and O–H groups in total. The number of nitrogens with two attached hydrogens (primary N) is 1. The zero-order chi connectivity index (χ0) is 15.0. The fourth-order valence-corrected chi connectivity index (χ4v) is 2.42. The highest BCUT2D eigenvalue weighted by Gasteiger charge is 2.29. The van der Waals surface area contributed by atoms with E-state index in [1.54, 1.807) is 6.07 Å². The second kappa shape index (κ2) is 5.08. The fraction of sp³-hybridized carbons (Fsp3) is 0.357. The highest BCUT2D eigenvalue weighted by Crippen LogP contribution is 2.30. The maximum Gasteiger partial charge on any atom is 0.258 e. The summed E-state index contributed by atoms with van der Waals surface area (Å²) in [7, 11) is 0. The molecule has 21 heavy (non-hydrogen) atoms. The summed E-state index contributed by atoms with van der Waals surface area (Å²) in [6, 6.07) is 5.40. The van der Waals surface area contributed by atoms with Crippen molar-refractivity contribution >= 4 is 23.5 Å². The molecule has 3 rings (SSSR count). The Morgan fingerprint density at radius 3 is 3.05 bits per heavy atom. The Kier molecular flexibility index (Phi) is 3.25. The number of ether oxygens (including phenoxy) is 1. The van der Waals surface area contributed by atoms with E-state index >= 15 is 0 Å². The molecule has 2 aliphatic heterocycles. The quantitative estimate of drug-likeness (QED) is 0.830. The van der Waals surface area contributed by atoms with Gasteiger partial charge in [0.15, 0.2) is 6.10 Å². The SMILES string of the molecule is CCC(Oc1ccc2c(c1)CN1CC(=O)NC1=N2)C(N)=O. The molecule has 1 aromatic rings. The minimum atomic E-state index is -0.638. The monoisotopic (exact) mass is 288 g/mol. The molecular formula is C14H16N4O3. The van der Waals surface area contributed by atoms with E-state index in [1.807, 2.05) is 24.0 Å². The summed E-state index contributed by atoms with van der Waals surface area (Å²) >= 11 is 0. The predicted molar refractivity (Wildman–Crippen MR) is 76.0 cm³/mol. The van der Waals surface area contributed by atoms with E-state index in [4.69, 9.17) is 10.5 Å². The molecule has 1 saturated heterocycles. The average Bonchev–Trinajstić information content (AvgIpc) is 2.80. The van der Waals surface area contributed by atoms with Crippen molar-refractivity contribution in [2.24, 2.45) is 10.7 Å². The summed E-state index contributed by atoms with van der Waals surface area (Å²) in [6.45, 7) is 2.73. The van der Waals surface area contributed by atoms with Crippen LogP contribution < -0.4 is 15.8 Å². The molecule has 0 aliphatic carbocycles. The molecule has 2 heterocycles. The summed E-state index contributed by atoms with van der Waals surface area (Å²) < 4.78 is 5.60. The number of aliphatic imine (C=N–C) groups is 1. The Balaban J connectivity index is 1.83. The number of guanidine groups is 1. The van der Waals surface area contributed by atoms with Crippen LogP contribution in [0.5, 0.6) is 5.75 Å². The standard InChI is InChI=1S/C14H16N4O3/c1-2-11(13(15)20)21-9-3-4-10-8(5-9)6-18-7-12(19)17-14(18)16-10/h3-5,11H,2,6-7H2,1H3,(H2,15,20)(H,16,17,19). The van der Waals surface area contributed by atoms with Gasteiger partial charge in [0.1, 0.15) is 12.3 Å². The van der Waals surface area contributed by atoms with Crippen molar-refractivity contribution < 1.29 is 14.3 Å². The molecule has 1 atom stereocenters. The van der Waals surface area contributed by atoms with Gasteiger partial charge in [-0.2, -0.15) is 0 Å². The van der Waals surface area contributed by atoms with Gasteiger partial charge in [-0.3, -0.25) is 14.9 Å². The third kappa shape index (κ3) is 2.54. The molecule has 7 nitrogen and oxygen atoms in total. The van der Waals surface area contributed by atoms with E-state index < -0.39 is 12.0 Å². The van der Waals surface area contributed by atoms with Crippen LogP contribution in [-0.4, -0.2) is 35.3 Å². The lowest BCUT2D eigenvalue weighted by Crippen LogP contribution is -2.33. The van der Waals surface area contributed by atoms with Gasteiger partial charge in [0.25, 0.3) is 5.91 Å². The highest BCUT2D eigenvalue weighted by molar-refractivity contribution is 6.05. The average molecular weight is 288 g/mol. The Morgan fingerprint density at radius 1 is 1.52 bits per heavy atom. The van der Waals surface area contributed by atoms with E-state index in [1.165, 1.54) is 0 Å². The minimum absolute atomic E-state index is 0.0576. The number of fused-ring (bicyclic) bond motifs is 2. The third-order valence-corrected chi connectivity index (χ3v) is 3.49. The van der Waals surface area contributed by atoms with Gasteiger partial charge in [-0.25, -0.2) is 4.99 Å². The maximum atomic E-state index is 11.4. The van der Waals surface area contributed by atoms with Crippen LogP contribution in [0.15, 0.2) is 23.2 Å². The van der Waals surface area contributed by atoms with Crippen molar-refractivity contribution in [3.63, 3.8) is 0 Å². The van der Waals surface area contributed by atoms with Gasteiger partial charge < -0.3 is 15.4 Å². The van der Waals surface area contributed by atoms with Crippen molar-refractivity contribution in [2.75, 3.05) is 6.54 Å². The first-order valence-corrected chi connectivity index (χ1v) is 6.79. The molecule has 2 amide bonds. The maximum absolute atomic E-state index is 11.4. The van der Waals surface area contributed by atoms with Crippen LogP contribution in [0.4, 0.5) is 5.69 Å². The number of primary amides is 1. The van der Waals surface area contributed by atoms with Crippen LogP contribution in [0.3, 0.4) is 0 Å². The zero-order valence-corrected chi connectivity index (χ0v) is 11.6. The second-order valence-corrected chi connectivity index (χ2v) is 5.05. The molecule has 0 radical (unpaired) electrons. The summed E-state index contributed by atoms with van der Waals surface area (Å²) in [5.74, 6) is 0.629. The minimum Gasteiger partial charge on any atom is -0.481 e. The molecule has 1 fully saturated rings. The van der Waals surface area contributed by atoms with Crippen molar-refractivity contribution in [3.8, 4) is 5.75 Å². The van der Waals surface area contributed by atoms with Crippen LogP contribution in [-0.2, 0) is 16.1 Å². The number of amides is 2. The number of carbonyl (C=O) groups is 2. The summed E-state index contributed by atoms with van der Waals surface area (Å²) in [5, 5.41) is 2.71. The van der Waals surface area contributed by atoms with Gasteiger partial charge in [-0.15, -0.1) is 0 Å². The lowest BCUT2D eigenvalue weighted by molar-refractivity contribution is -0.124. The second-order valence-electron chi connectivity index (χ2n) is 5.05. The van der Waals surface area contributed by atoms with Crippen molar-refractivity contribution in [1.29, 1.82) is 0 Å². The van der Waals surface area contributed by atoms with E-state index in [0.717, 1.165) is 11.3 Å². The molecule has 7 heteroatoms. The van der Waals surface area contributed by atoms with Crippen LogP contribution in [0.25, 0.3) is 0 Å². The number of nitrogens with zero attached hydrogens (tertiary/aromatic N) is 2. The molecule has 110 valence electrons. The Labute approximate surface area is 121 Å². The van der Waals surface area contributed by atoms with E-state index in [2.05, 4.69) is 10.3 Å². The van der Waals surface area contributed by atoms with Crippen LogP contribution in [0.1, 0.15) is 18.9 Å². The molecule has 0 spiro atoms. The first-order valence-electron chi connectivity index (χ1n) is 6.79. The fourth-order valence-electron chi connectivity index (χ4n) is 2.42.